The summed E-state index contributed by atoms with van der Waals surface area (Å²) in [7, 11) is 0. The summed E-state index contributed by atoms with van der Waals surface area (Å²) < 4.78 is 0. The number of benzene rings is 2. The first-order valence-corrected chi connectivity index (χ1v) is 10.6. The van der Waals surface area contributed by atoms with Crippen LogP contribution < -0.4 is 10.6 Å². The number of halogens is 2. The van der Waals surface area contributed by atoms with Crippen molar-refractivity contribution >= 4 is 40.7 Å². The SMILES string of the molecule is O=C(NCCCNc1ccccc1)C1CCCN(C(=O)c2ccc(Cl)c(Cl)c2)C1. The Labute approximate surface area is 181 Å². The molecule has 2 N–H and O–H groups in total. The molecule has 1 unspecified atom stereocenters. The Morgan fingerprint density at radius 2 is 1.83 bits per heavy atom. The number of rotatable bonds is 7. The highest BCUT2D eigenvalue weighted by Crippen LogP contribution is 2.25. The van der Waals surface area contributed by atoms with Gasteiger partial charge >= 0.3 is 0 Å². The molecule has 3 rings (SSSR count). The average Bonchev–Trinajstić information content (AvgIpc) is 2.75. The summed E-state index contributed by atoms with van der Waals surface area (Å²) in [6.07, 6.45) is 2.43. The van der Waals surface area contributed by atoms with Gasteiger partial charge < -0.3 is 15.5 Å². The maximum atomic E-state index is 12.7. The highest BCUT2D eigenvalue weighted by molar-refractivity contribution is 6.42. The summed E-state index contributed by atoms with van der Waals surface area (Å²) in [5.74, 6) is -0.290. The second kappa shape index (κ2) is 10.5. The van der Waals surface area contributed by atoms with Crippen LogP contribution in [0.4, 0.5) is 5.69 Å². The van der Waals surface area contributed by atoms with Gasteiger partial charge in [0.1, 0.15) is 0 Å². The van der Waals surface area contributed by atoms with Crippen LogP contribution in [0.1, 0.15) is 29.6 Å². The standard InChI is InChI=1S/C22H25Cl2N3O2/c23-19-10-9-16(14-20(19)24)22(29)27-13-4-6-17(15-27)21(28)26-12-5-11-25-18-7-2-1-3-8-18/h1-3,7-10,14,17,25H,4-6,11-13,15H2,(H,26,28). The fourth-order valence-corrected chi connectivity index (χ4v) is 3.72. The number of anilines is 1. The van der Waals surface area contributed by atoms with Crippen LogP contribution in [0.3, 0.4) is 0 Å². The Morgan fingerprint density at radius 1 is 1.03 bits per heavy atom. The molecule has 0 radical (unpaired) electrons. The quantitative estimate of drug-likeness (QED) is 0.633. The van der Waals surface area contributed by atoms with Gasteiger partial charge in [-0.05, 0) is 49.6 Å². The number of hydrogen-bond donors (Lipinski definition) is 2. The van der Waals surface area contributed by atoms with Crippen molar-refractivity contribution in [1.29, 1.82) is 0 Å². The molecule has 154 valence electrons. The molecular formula is C22H25Cl2N3O2. The van der Waals surface area contributed by atoms with E-state index >= 15 is 0 Å². The highest BCUT2D eigenvalue weighted by atomic mass is 35.5. The molecule has 1 atom stereocenters. The fraction of sp³-hybridized carbons (Fsp3) is 0.364. The number of amides is 2. The molecule has 0 saturated carbocycles. The van der Waals surface area contributed by atoms with Crippen LogP contribution in [-0.4, -0.2) is 42.9 Å². The number of hydrogen-bond acceptors (Lipinski definition) is 3. The lowest BCUT2D eigenvalue weighted by molar-refractivity contribution is -0.126. The van der Waals surface area contributed by atoms with Crippen LogP contribution in [0.15, 0.2) is 48.5 Å². The highest BCUT2D eigenvalue weighted by Gasteiger charge is 2.28. The van der Waals surface area contributed by atoms with E-state index in [1.54, 1.807) is 23.1 Å². The van der Waals surface area contributed by atoms with Gasteiger partial charge in [0.2, 0.25) is 5.91 Å². The van der Waals surface area contributed by atoms with Gasteiger partial charge in [-0.3, -0.25) is 9.59 Å². The third kappa shape index (κ3) is 6.12. The van der Waals surface area contributed by atoms with Crippen LogP contribution in [0.5, 0.6) is 0 Å². The molecule has 1 aliphatic heterocycles. The first-order valence-electron chi connectivity index (χ1n) is 9.85. The largest absolute Gasteiger partial charge is 0.385 e. The van der Waals surface area contributed by atoms with E-state index in [9.17, 15) is 9.59 Å². The number of para-hydroxylation sites is 1. The average molecular weight is 434 g/mol. The van der Waals surface area contributed by atoms with Gasteiger partial charge in [-0.25, -0.2) is 0 Å². The van der Waals surface area contributed by atoms with E-state index in [2.05, 4.69) is 10.6 Å². The molecule has 29 heavy (non-hydrogen) atoms. The second-order valence-corrected chi connectivity index (χ2v) is 7.97. The monoisotopic (exact) mass is 433 g/mol. The van der Waals surface area contributed by atoms with Crippen LogP contribution >= 0.6 is 23.2 Å². The molecule has 1 saturated heterocycles. The number of carbonyl (C=O) groups excluding carboxylic acids is 2. The third-order valence-electron chi connectivity index (χ3n) is 5.00. The first kappa shape index (κ1) is 21.5. The zero-order chi connectivity index (χ0) is 20.6. The number of carbonyl (C=O) groups is 2. The van der Waals surface area contributed by atoms with Crippen LogP contribution in [0.25, 0.3) is 0 Å². The molecule has 2 amide bonds. The predicted molar refractivity (Wildman–Crippen MR) is 118 cm³/mol. The number of likely N-dealkylation sites (tertiary alicyclic amines) is 1. The Bertz CT molecular complexity index is 845. The molecule has 0 spiro atoms. The summed E-state index contributed by atoms with van der Waals surface area (Å²) in [4.78, 5) is 27.0. The van der Waals surface area contributed by atoms with Crippen LogP contribution in [0.2, 0.25) is 10.0 Å². The lowest BCUT2D eigenvalue weighted by Gasteiger charge is -2.32. The molecule has 1 heterocycles. The van der Waals surface area contributed by atoms with Crippen molar-refractivity contribution in [2.45, 2.75) is 19.3 Å². The maximum absolute atomic E-state index is 12.7. The minimum Gasteiger partial charge on any atom is -0.385 e. The Kier molecular flexibility index (Phi) is 7.78. The molecular weight excluding hydrogens is 409 g/mol. The predicted octanol–water partition coefficient (Wildman–Crippen LogP) is 4.46. The minimum absolute atomic E-state index is 0.0105. The fourth-order valence-electron chi connectivity index (χ4n) is 3.42. The van der Waals surface area contributed by atoms with Crippen molar-refractivity contribution < 1.29 is 9.59 Å². The summed E-state index contributed by atoms with van der Waals surface area (Å²) in [6.45, 7) is 2.46. The van der Waals surface area contributed by atoms with Crippen molar-refractivity contribution in [2.75, 3.05) is 31.5 Å². The van der Waals surface area contributed by atoms with Crippen molar-refractivity contribution in [3.8, 4) is 0 Å². The minimum atomic E-state index is -0.183. The topological polar surface area (TPSA) is 61.4 Å². The van der Waals surface area contributed by atoms with Gasteiger partial charge in [0.25, 0.3) is 5.91 Å². The number of nitrogens with zero attached hydrogens (tertiary/aromatic N) is 1. The summed E-state index contributed by atoms with van der Waals surface area (Å²) in [6, 6.07) is 14.8. The molecule has 1 fully saturated rings. The lowest BCUT2D eigenvalue weighted by atomic mass is 9.96. The van der Waals surface area contributed by atoms with Crippen LogP contribution in [0, 0.1) is 5.92 Å². The van der Waals surface area contributed by atoms with E-state index in [1.807, 2.05) is 30.3 Å². The molecule has 0 bridgehead atoms. The van der Waals surface area contributed by atoms with Gasteiger partial charge in [0.05, 0.1) is 16.0 Å². The molecule has 7 heteroatoms. The van der Waals surface area contributed by atoms with Gasteiger partial charge in [0, 0.05) is 37.4 Å². The summed E-state index contributed by atoms with van der Waals surface area (Å²) in [5, 5.41) is 7.09. The Hall–Kier alpha value is -2.24. The van der Waals surface area contributed by atoms with Gasteiger partial charge in [-0.1, -0.05) is 41.4 Å². The van der Waals surface area contributed by atoms with Gasteiger partial charge in [-0.15, -0.1) is 0 Å². The van der Waals surface area contributed by atoms with E-state index in [1.165, 1.54) is 0 Å². The maximum Gasteiger partial charge on any atom is 0.253 e. The van der Waals surface area contributed by atoms with Crippen molar-refractivity contribution in [1.82, 2.24) is 10.2 Å². The molecule has 5 nitrogen and oxygen atoms in total. The van der Waals surface area contributed by atoms with E-state index in [0.717, 1.165) is 31.5 Å². The molecule has 0 aromatic heterocycles. The van der Waals surface area contributed by atoms with E-state index in [0.29, 0.717) is 35.2 Å². The third-order valence-corrected chi connectivity index (χ3v) is 5.74. The smallest absolute Gasteiger partial charge is 0.253 e. The van der Waals surface area contributed by atoms with E-state index in [-0.39, 0.29) is 17.7 Å². The zero-order valence-corrected chi connectivity index (χ0v) is 17.7. The number of nitrogens with one attached hydrogen (secondary N) is 2. The van der Waals surface area contributed by atoms with Gasteiger partial charge in [0.15, 0.2) is 0 Å². The molecule has 2 aromatic rings. The number of piperidine rings is 1. The lowest BCUT2D eigenvalue weighted by Crippen LogP contribution is -2.45. The summed E-state index contributed by atoms with van der Waals surface area (Å²) >= 11 is 12.0. The van der Waals surface area contributed by atoms with E-state index in [4.69, 9.17) is 23.2 Å². The molecule has 2 aromatic carbocycles. The Morgan fingerprint density at radius 3 is 2.59 bits per heavy atom. The first-order chi connectivity index (χ1) is 14.0. The van der Waals surface area contributed by atoms with Crippen molar-refractivity contribution in [3.05, 3.63) is 64.1 Å². The van der Waals surface area contributed by atoms with Crippen molar-refractivity contribution in [3.63, 3.8) is 0 Å². The van der Waals surface area contributed by atoms with Gasteiger partial charge in [-0.2, -0.15) is 0 Å². The zero-order valence-electron chi connectivity index (χ0n) is 16.2. The van der Waals surface area contributed by atoms with E-state index < -0.39 is 0 Å². The Balaban J connectivity index is 1.43. The van der Waals surface area contributed by atoms with Crippen molar-refractivity contribution in [2.24, 2.45) is 5.92 Å². The molecule has 1 aliphatic rings. The normalized spacial score (nSPS) is 16.3. The summed E-state index contributed by atoms with van der Waals surface area (Å²) in [5.41, 5.74) is 1.56. The molecule has 0 aliphatic carbocycles. The van der Waals surface area contributed by atoms with Crippen LogP contribution in [-0.2, 0) is 4.79 Å². The second-order valence-electron chi connectivity index (χ2n) is 7.16.